The second kappa shape index (κ2) is 8.87. The topological polar surface area (TPSA) is 99.2 Å². The average molecular weight is 397 g/mol. The normalized spacial score (nSPS) is 12.6. The lowest BCUT2D eigenvalue weighted by Gasteiger charge is -2.21. The molecule has 0 saturated heterocycles. The van der Waals surface area contributed by atoms with Gasteiger partial charge in [0.2, 0.25) is 11.9 Å². The van der Waals surface area contributed by atoms with Gasteiger partial charge < -0.3 is 21.1 Å². The molecule has 28 heavy (non-hydrogen) atoms. The van der Waals surface area contributed by atoms with Crippen LogP contribution in [0.3, 0.4) is 0 Å². The minimum atomic E-state index is -4.66. The Hall–Kier alpha value is -2.88. The summed E-state index contributed by atoms with van der Waals surface area (Å²) < 4.78 is 39.6. The van der Waals surface area contributed by atoms with E-state index >= 15 is 0 Å². The molecule has 0 bridgehead atoms. The quantitative estimate of drug-likeness (QED) is 0.570. The summed E-state index contributed by atoms with van der Waals surface area (Å²) >= 11 is 0. The molecule has 0 spiro atoms. The van der Waals surface area contributed by atoms with E-state index in [0.717, 1.165) is 6.07 Å². The van der Waals surface area contributed by atoms with Gasteiger partial charge in [0, 0.05) is 24.4 Å². The van der Waals surface area contributed by atoms with Crippen LogP contribution in [-0.4, -0.2) is 33.6 Å². The molecule has 0 unspecified atom stereocenters. The monoisotopic (exact) mass is 397 g/mol. The standard InChI is InChI=1S/C18H22F3N5O2/c1-10(2)14(9-27)24-17-25-15(18(19,20)21)8-16(26-17)23-13-6-4-12(5-7-13)22-11(3)28/h4-8,10,14,27H,9H2,1-3H3,(H,22,28)(H2,23,24,25,26)/t14-/m1/s1. The molecule has 152 valence electrons. The number of rotatable bonds is 7. The molecular formula is C18H22F3N5O2. The number of nitrogens with one attached hydrogen (secondary N) is 3. The number of aromatic nitrogens is 2. The molecule has 10 heteroatoms. The van der Waals surface area contributed by atoms with E-state index < -0.39 is 17.9 Å². The van der Waals surface area contributed by atoms with Crippen LogP contribution in [0.15, 0.2) is 30.3 Å². The van der Waals surface area contributed by atoms with Crippen LogP contribution in [0.1, 0.15) is 26.5 Å². The largest absolute Gasteiger partial charge is 0.433 e. The number of alkyl halides is 3. The number of carbonyl (C=O) groups excluding carboxylic acids is 1. The lowest BCUT2D eigenvalue weighted by Crippen LogP contribution is -2.30. The molecule has 4 N–H and O–H groups in total. The lowest BCUT2D eigenvalue weighted by molar-refractivity contribution is -0.141. The zero-order valence-electron chi connectivity index (χ0n) is 15.6. The second-order valence-electron chi connectivity index (χ2n) is 6.52. The summed E-state index contributed by atoms with van der Waals surface area (Å²) in [5.74, 6) is -0.566. The number of nitrogens with zero attached hydrogens (tertiary/aromatic N) is 2. The van der Waals surface area contributed by atoms with Gasteiger partial charge in [0.25, 0.3) is 0 Å². The third kappa shape index (κ3) is 6.08. The number of hydrogen-bond acceptors (Lipinski definition) is 6. The molecule has 1 aromatic carbocycles. The van der Waals surface area contributed by atoms with E-state index in [0.29, 0.717) is 11.4 Å². The Morgan fingerprint density at radius 2 is 1.75 bits per heavy atom. The van der Waals surface area contributed by atoms with E-state index in [1.807, 2.05) is 13.8 Å². The fraction of sp³-hybridized carbons (Fsp3) is 0.389. The Bertz CT molecular complexity index is 810. The van der Waals surface area contributed by atoms with Crippen molar-refractivity contribution >= 4 is 29.0 Å². The van der Waals surface area contributed by atoms with Crippen molar-refractivity contribution in [1.82, 2.24) is 9.97 Å². The zero-order chi connectivity index (χ0) is 20.9. The summed E-state index contributed by atoms with van der Waals surface area (Å²) in [5.41, 5.74) is -0.0703. The Balaban J connectivity index is 2.29. The highest BCUT2D eigenvalue weighted by Gasteiger charge is 2.34. The molecule has 7 nitrogen and oxygen atoms in total. The number of aliphatic hydroxyl groups is 1. The van der Waals surface area contributed by atoms with Crippen molar-refractivity contribution in [3.05, 3.63) is 36.0 Å². The maximum absolute atomic E-state index is 13.2. The molecule has 0 aliphatic carbocycles. The molecule has 0 aliphatic rings. The first kappa shape index (κ1) is 21.4. The molecule has 2 rings (SSSR count). The van der Waals surface area contributed by atoms with Gasteiger partial charge in [0.15, 0.2) is 5.69 Å². The van der Waals surface area contributed by atoms with E-state index in [4.69, 9.17) is 0 Å². The average Bonchev–Trinajstić information content (AvgIpc) is 2.59. The van der Waals surface area contributed by atoms with Crippen LogP contribution in [0.25, 0.3) is 0 Å². The van der Waals surface area contributed by atoms with Crippen LogP contribution >= 0.6 is 0 Å². The van der Waals surface area contributed by atoms with Crippen LogP contribution in [-0.2, 0) is 11.0 Å². The number of halogens is 3. The zero-order valence-corrected chi connectivity index (χ0v) is 15.6. The van der Waals surface area contributed by atoms with Crippen LogP contribution in [0, 0.1) is 5.92 Å². The molecule has 1 heterocycles. The van der Waals surface area contributed by atoms with Gasteiger partial charge in [0.1, 0.15) is 5.82 Å². The van der Waals surface area contributed by atoms with Gasteiger partial charge in [-0.25, -0.2) is 4.98 Å². The van der Waals surface area contributed by atoms with Crippen LogP contribution < -0.4 is 16.0 Å². The predicted molar refractivity (Wildman–Crippen MR) is 100 cm³/mol. The van der Waals surface area contributed by atoms with E-state index in [-0.39, 0.29) is 30.2 Å². The fourth-order valence-corrected chi connectivity index (χ4v) is 2.30. The number of anilines is 4. The Morgan fingerprint density at radius 3 is 2.25 bits per heavy atom. The number of aliphatic hydroxyl groups excluding tert-OH is 1. The molecule has 0 fully saturated rings. The van der Waals surface area contributed by atoms with Crippen molar-refractivity contribution in [2.45, 2.75) is 33.0 Å². The predicted octanol–water partition coefficient (Wildman–Crippen LogP) is 3.63. The Labute approximate surface area is 160 Å². The molecule has 2 aromatic rings. The van der Waals surface area contributed by atoms with Gasteiger partial charge in [-0.05, 0) is 30.2 Å². The van der Waals surface area contributed by atoms with Crippen LogP contribution in [0.2, 0.25) is 0 Å². The van der Waals surface area contributed by atoms with Gasteiger partial charge in [0.05, 0.1) is 12.6 Å². The van der Waals surface area contributed by atoms with Gasteiger partial charge >= 0.3 is 6.18 Å². The Morgan fingerprint density at radius 1 is 1.14 bits per heavy atom. The van der Waals surface area contributed by atoms with E-state index in [1.54, 1.807) is 24.3 Å². The minimum Gasteiger partial charge on any atom is -0.394 e. The molecule has 0 saturated carbocycles. The summed E-state index contributed by atoms with van der Waals surface area (Å²) in [6.07, 6.45) is -4.66. The first-order chi connectivity index (χ1) is 13.1. The number of amides is 1. The maximum Gasteiger partial charge on any atom is 0.433 e. The summed E-state index contributed by atoms with van der Waals surface area (Å²) in [6, 6.07) is 6.71. The van der Waals surface area contributed by atoms with Crippen molar-refractivity contribution in [1.29, 1.82) is 0 Å². The Kier molecular flexibility index (Phi) is 6.79. The molecule has 1 atom stereocenters. The van der Waals surface area contributed by atoms with Crippen molar-refractivity contribution < 1.29 is 23.1 Å². The third-order valence-electron chi connectivity index (χ3n) is 3.81. The highest BCUT2D eigenvalue weighted by molar-refractivity contribution is 5.88. The number of carbonyl (C=O) groups is 1. The van der Waals surface area contributed by atoms with E-state index in [2.05, 4.69) is 25.9 Å². The van der Waals surface area contributed by atoms with Gasteiger partial charge in [-0.1, -0.05) is 13.8 Å². The SMILES string of the molecule is CC(=O)Nc1ccc(Nc2cc(C(F)(F)F)nc(N[C@H](CO)C(C)C)n2)cc1. The third-order valence-corrected chi connectivity index (χ3v) is 3.81. The summed E-state index contributed by atoms with van der Waals surface area (Å²) in [7, 11) is 0. The van der Waals surface area contributed by atoms with Crippen molar-refractivity contribution in [3.8, 4) is 0 Å². The number of benzene rings is 1. The van der Waals surface area contributed by atoms with Crippen molar-refractivity contribution in [3.63, 3.8) is 0 Å². The highest BCUT2D eigenvalue weighted by atomic mass is 19.4. The molecule has 1 amide bonds. The van der Waals surface area contributed by atoms with Gasteiger partial charge in [-0.2, -0.15) is 18.2 Å². The summed E-state index contributed by atoms with van der Waals surface area (Å²) in [4.78, 5) is 18.6. The summed E-state index contributed by atoms with van der Waals surface area (Å²) in [5, 5.41) is 17.5. The molecule has 0 radical (unpaired) electrons. The summed E-state index contributed by atoms with van der Waals surface area (Å²) in [6.45, 7) is 4.73. The van der Waals surface area contributed by atoms with Gasteiger partial charge in [-0.15, -0.1) is 0 Å². The molecular weight excluding hydrogens is 375 g/mol. The van der Waals surface area contributed by atoms with Crippen LogP contribution in [0.4, 0.5) is 36.3 Å². The maximum atomic E-state index is 13.2. The van der Waals surface area contributed by atoms with Crippen LogP contribution in [0.5, 0.6) is 0 Å². The van der Waals surface area contributed by atoms with Crippen molar-refractivity contribution in [2.75, 3.05) is 22.6 Å². The first-order valence-corrected chi connectivity index (χ1v) is 8.57. The lowest BCUT2D eigenvalue weighted by atomic mass is 10.1. The molecule has 1 aromatic heterocycles. The van der Waals surface area contributed by atoms with E-state index in [1.165, 1.54) is 6.92 Å². The smallest absolute Gasteiger partial charge is 0.394 e. The van der Waals surface area contributed by atoms with Gasteiger partial charge in [-0.3, -0.25) is 4.79 Å². The van der Waals surface area contributed by atoms with E-state index in [9.17, 15) is 23.1 Å². The molecule has 0 aliphatic heterocycles. The first-order valence-electron chi connectivity index (χ1n) is 8.57. The second-order valence-corrected chi connectivity index (χ2v) is 6.52. The van der Waals surface area contributed by atoms with Crippen molar-refractivity contribution in [2.24, 2.45) is 5.92 Å². The fourth-order valence-electron chi connectivity index (χ4n) is 2.30. The minimum absolute atomic E-state index is 0.0409. The number of hydrogen-bond donors (Lipinski definition) is 4. The highest BCUT2D eigenvalue weighted by Crippen LogP contribution is 2.31.